The van der Waals surface area contributed by atoms with E-state index in [0.29, 0.717) is 0 Å². The van der Waals surface area contributed by atoms with E-state index in [9.17, 15) is 0 Å². The van der Waals surface area contributed by atoms with Gasteiger partial charge < -0.3 is 0 Å². The number of hydrogen-bond donors (Lipinski definition) is 0. The van der Waals surface area contributed by atoms with Gasteiger partial charge in [-0.2, -0.15) is 0 Å². The largest absolute Gasteiger partial charge is 0.0587 e. The molecule has 50 valence electrons. The maximum absolute atomic E-state index is 3.83. The lowest BCUT2D eigenvalue weighted by Crippen LogP contribution is -1.77. The number of rotatable bonds is 1. The van der Waals surface area contributed by atoms with Crippen molar-refractivity contribution in [2.24, 2.45) is 0 Å². The molecule has 0 aliphatic heterocycles. The smallest absolute Gasteiger partial charge is 0.0128 e. The van der Waals surface area contributed by atoms with Crippen molar-refractivity contribution < 1.29 is 0 Å². The number of benzene rings is 1. The molecule has 0 N–H and O–H groups in total. The van der Waals surface area contributed by atoms with Crippen molar-refractivity contribution in [2.75, 3.05) is 0 Å². The molecule has 0 heteroatoms. The monoisotopic (exact) mass is 130 g/mol. The summed E-state index contributed by atoms with van der Waals surface area (Å²) < 4.78 is 0. The lowest BCUT2D eigenvalue weighted by Gasteiger charge is -1.96. The normalized spacial score (nSPS) is 17.3. The van der Waals surface area contributed by atoms with Crippen LogP contribution in [0.4, 0.5) is 0 Å². The van der Waals surface area contributed by atoms with Crippen molar-refractivity contribution in [3.63, 3.8) is 0 Å². The zero-order chi connectivity index (χ0) is 6.97. The van der Waals surface area contributed by atoms with Gasteiger partial charge in [0.05, 0.1) is 0 Å². The van der Waals surface area contributed by atoms with E-state index in [1.165, 1.54) is 12.0 Å². The van der Waals surface area contributed by atoms with E-state index in [-0.39, 0.29) is 0 Å². The van der Waals surface area contributed by atoms with Crippen LogP contribution in [-0.2, 0) is 0 Å². The van der Waals surface area contributed by atoms with Crippen molar-refractivity contribution in [2.45, 2.75) is 12.3 Å². The molecule has 0 saturated heterocycles. The molecule has 1 aliphatic rings. The minimum absolute atomic E-state index is 0.751. The molecule has 0 aromatic heterocycles. The molecule has 1 aromatic carbocycles. The molecular weight excluding hydrogens is 120 g/mol. The van der Waals surface area contributed by atoms with E-state index in [1.807, 2.05) is 0 Å². The zero-order valence-electron chi connectivity index (χ0n) is 5.88. The van der Waals surface area contributed by atoms with Gasteiger partial charge in [-0.05, 0) is 36.8 Å². The molecule has 0 bridgehead atoms. The standard InChI is InChI=1S/C10H10/c1-8-2-4-9(5-3-8)10-6-7-10/h2-6,10H,1,7H2. The molecule has 0 nitrogen and oxygen atoms in total. The molecule has 1 aliphatic carbocycles. The highest BCUT2D eigenvalue weighted by Crippen LogP contribution is 2.38. The summed E-state index contributed by atoms with van der Waals surface area (Å²) in [6.07, 6.45) is 3.58. The molecule has 0 spiro atoms. The summed E-state index contributed by atoms with van der Waals surface area (Å²) in [5.41, 5.74) is 2.54. The van der Waals surface area contributed by atoms with E-state index < -0.39 is 0 Å². The summed E-state index contributed by atoms with van der Waals surface area (Å²) >= 11 is 0. The Hall–Kier alpha value is -0.780. The van der Waals surface area contributed by atoms with Crippen molar-refractivity contribution in [3.8, 4) is 0 Å². The Morgan fingerprint density at radius 1 is 1.20 bits per heavy atom. The van der Waals surface area contributed by atoms with Gasteiger partial charge >= 0.3 is 0 Å². The van der Waals surface area contributed by atoms with Crippen molar-refractivity contribution in [1.29, 1.82) is 0 Å². The van der Waals surface area contributed by atoms with E-state index in [2.05, 4.69) is 37.6 Å². The first-order valence-corrected chi connectivity index (χ1v) is 3.61. The maximum Gasteiger partial charge on any atom is -0.0128 e. The van der Waals surface area contributed by atoms with Crippen LogP contribution in [0.25, 0.3) is 0 Å². The summed E-state index contributed by atoms with van der Waals surface area (Å²) in [7, 11) is 0. The second-order valence-electron chi connectivity index (χ2n) is 2.82. The van der Waals surface area contributed by atoms with Gasteiger partial charge in [0, 0.05) is 0 Å². The van der Waals surface area contributed by atoms with Crippen LogP contribution in [0.5, 0.6) is 0 Å². The second kappa shape index (κ2) is 2.12. The quantitative estimate of drug-likeness (QED) is 0.548. The zero-order valence-corrected chi connectivity index (χ0v) is 5.88. The van der Waals surface area contributed by atoms with E-state index in [1.54, 1.807) is 0 Å². The van der Waals surface area contributed by atoms with Gasteiger partial charge in [0.25, 0.3) is 0 Å². The lowest BCUT2D eigenvalue weighted by atomic mass is 10.1. The molecule has 1 atom stereocenters. The molecule has 1 saturated carbocycles. The summed E-state index contributed by atoms with van der Waals surface area (Å²) in [4.78, 5) is 0. The molecule has 0 heterocycles. The summed E-state index contributed by atoms with van der Waals surface area (Å²) in [6, 6.07) is 8.47. The Labute approximate surface area is 61.9 Å². The van der Waals surface area contributed by atoms with Gasteiger partial charge in [0.2, 0.25) is 0 Å². The first-order chi connectivity index (χ1) is 4.86. The third-order valence-corrected chi connectivity index (χ3v) is 1.88. The molecule has 1 fully saturated rings. The highest BCUT2D eigenvalue weighted by atomic mass is 14.3. The van der Waals surface area contributed by atoms with Crippen LogP contribution < -0.4 is 0 Å². The minimum Gasteiger partial charge on any atom is -0.0587 e. The Morgan fingerprint density at radius 2 is 1.80 bits per heavy atom. The SMILES string of the molecule is [CH2]c1ccc(C2[CH]C2)cc1. The number of hydrogen-bond acceptors (Lipinski definition) is 0. The fraction of sp³-hybridized carbons (Fsp3) is 0.200. The Bertz CT molecular complexity index is 216. The van der Waals surface area contributed by atoms with Crippen LogP contribution in [0.2, 0.25) is 0 Å². The van der Waals surface area contributed by atoms with Crippen LogP contribution in [0, 0.1) is 13.3 Å². The fourth-order valence-electron chi connectivity index (χ4n) is 1.11. The molecule has 0 amide bonds. The van der Waals surface area contributed by atoms with Crippen LogP contribution in [0.15, 0.2) is 24.3 Å². The predicted octanol–water partition coefficient (Wildman–Crippen LogP) is 2.56. The van der Waals surface area contributed by atoms with E-state index in [4.69, 9.17) is 0 Å². The van der Waals surface area contributed by atoms with Gasteiger partial charge in [-0.1, -0.05) is 24.3 Å². The first-order valence-electron chi connectivity index (χ1n) is 3.61. The third-order valence-electron chi connectivity index (χ3n) is 1.88. The molecular formula is C10H10. The van der Waals surface area contributed by atoms with Crippen molar-refractivity contribution in [3.05, 3.63) is 48.7 Å². The Morgan fingerprint density at radius 3 is 2.30 bits per heavy atom. The molecule has 1 aromatic rings. The van der Waals surface area contributed by atoms with Crippen molar-refractivity contribution in [1.82, 2.24) is 0 Å². The first kappa shape index (κ1) is 5.96. The third kappa shape index (κ3) is 1.06. The predicted molar refractivity (Wildman–Crippen MR) is 42.6 cm³/mol. The second-order valence-corrected chi connectivity index (χ2v) is 2.82. The Kier molecular flexibility index (Phi) is 1.26. The van der Waals surface area contributed by atoms with Gasteiger partial charge in [-0.3, -0.25) is 0 Å². The highest BCUT2D eigenvalue weighted by Gasteiger charge is 2.23. The summed E-state index contributed by atoms with van der Waals surface area (Å²) in [5, 5.41) is 0. The topological polar surface area (TPSA) is 0 Å². The fourth-order valence-corrected chi connectivity index (χ4v) is 1.11. The molecule has 1 unspecified atom stereocenters. The average Bonchev–Trinajstić information content (AvgIpc) is 2.71. The minimum atomic E-state index is 0.751. The van der Waals surface area contributed by atoms with Crippen LogP contribution in [0.3, 0.4) is 0 Å². The van der Waals surface area contributed by atoms with Crippen molar-refractivity contribution >= 4 is 0 Å². The average molecular weight is 130 g/mol. The Balaban J connectivity index is 2.28. The van der Waals surface area contributed by atoms with Gasteiger partial charge in [0.1, 0.15) is 0 Å². The summed E-state index contributed by atoms with van der Waals surface area (Å²) in [6.45, 7) is 3.83. The van der Waals surface area contributed by atoms with Crippen LogP contribution in [0.1, 0.15) is 23.5 Å². The van der Waals surface area contributed by atoms with Gasteiger partial charge in [-0.15, -0.1) is 0 Å². The molecule has 2 rings (SSSR count). The van der Waals surface area contributed by atoms with Gasteiger partial charge in [-0.25, -0.2) is 0 Å². The lowest BCUT2D eigenvalue weighted by molar-refractivity contribution is 1.16. The van der Waals surface area contributed by atoms with Gasteiger partial charge in [0.15, 0.2) is 0 Å². The molecule has 10 heavy (non-hydrogen) atoms. The van der Waals surface area contributed by atoms with E-state index >= 15 is 0 Å². The van der Waals surface area contributed by atoms with Crippen LogP contribution >= 0.6 is 0 Å². The summed E-state index contributed by atoms with van der Waals surface area (Å²) in [5.74, 6) is 0.751. The highest BCUT2D eigenvalue weighted by molar-refractivity contribution is 5.32. The maximum atomic E-state index is 3.83. The van der Waals surface area contributed by atoms with E-state index in [0.717, 1.165) is 11.5 Å². The van der Waals surface area contributed by atoms with Crippen LogP contribution in [-0.4, -0.2) is 0 Å². The molecule has 2 radical (unpaired) electrons.